The number of hydrogen-bond donors (Lipinski definition) is 3. The number of ether oxygens (including phenoxy) is 1. The van der Waals surface area contributed by atoms with Gasteiger partial charge in [0.1, 0.15) is 34.0 Å². The van der Waals surface area contributed by atoms with Gasteiger partial charge in [0.25, 0.3) is 0 Å². The maximum absolute atomic E-state index is 13.9. The average molecular weight is 489 g/mol. The Hall–Kier alpha value is -4.47. The van der Waals surface area contributed by atoms with Gasteiger partial charge in [0.2, 0.25) is 0 Å². The molecule has 0 radical (unpaired) electrons. The van der Waals surface area contributed by atoms with E-state index in [4.69, 9.17) is 4.74 Å². The van der Waals surface area contributed by atoms with E-state index in [9.17, 15) is 24.6 Å². The number of carbonyl (C=O) groups is 3. The molecule has 2 aromatic heterocycles. The molecule has 2 aliphatic rings. The molecule has 2 unspecified atom stereocenters. The van der Waals surface area contributed by atoms with Gasteiger partial charge in [-0.2, -0.15) is 0 Å². The van der Waals surface area contributed by atoms with Crippen LogP contribution in [0, 0.1) is 6.92 Å². The van der Waals surface area contributed by atoms with Crippen LogP contribution in [0.5, 0.6) is 17.2 Å². The van der Waals surface area contributed by atoms with Gasteiger partial charge in [0.15, 0.2) is 28.8 Å². The van der Waals surface area contributed by atoms with Gasteiger partial charge in [0, 0.05) is 23.5 Å². The smallest absolute Gasteiger partial charge is 0.194 e. The second-order valence-corrected chi connectivity index (χ2v) is 9.24. The van der Waals surface area contributed by atoms with Crippen molar-refractivity contribution in [3.63, 3.8) is 0 Å². The van der Waals surface area contributed by atoms with Crippen LogP contribution in [0.15, 0.2) is 47.5 Å². The molecule has 1 aromatic carbocycles. The summed E-state index contributed by atoms with van der Waals surface area (Å²) in [5, 5.41) is 33.0. The average Bonchev–Trinajstić information content (AvgIpc) is 3.37. The Morgan fingerprint density at radius 2 is 1.89 bits per heavy atom. The lowest BCUT2D eigenvalue weighted by Crippen LogP contribution is -2.41. The van der Waals surface area contributed by atoms with E-state index in [1.165, 1.54) is 26.8 Å². The van der Waals surface area contributed by atoms with Crippen LogP contribution in [-0.2, 0) is 15.0 Å². The predicted octanol–water partition coefficient (Wildman–Crippen LogP) is 2.96. The third-order valence-electron chi connectivity index (χ3n) is 6.92. The number of Topliss-reactive ketones (excluding diaryl/α,β-unsaturated/α-hetero) is 2. The number of ketones is 3. The summed E-state index contributed by atoms with van der Waals surface area (Å²) in [7, 11) is 0. The molecule has 0 spiro atoms. The summed E-state index contributed by atoms with van der Waals surface area (Å²) in [6.45, 7) is 7.67. The fraction of sp³-hybridized carbons (Fsp3) is 0.269. The summed E-state index contributed by atoms with van der Waals surface area (Å²) < 4.78 is 7.60. The van der Waals surface area contributed by atoms with Gasteiger partial charge in [0.05, 0.1) is 17.2 Å². The molecule has 0 amide bonds. The molecule has 5 rings (SSSR count). The highest BCUT2D eigenvalue weighted by molar-refractivity contribution is 6.31. The third-order valence-corrected chi connectivity index (χ3v) is 6.92. The maximum atomic E-state index is 13.9. The van der Waals surface area contributed by atoms with Crippen molar-refractivity contribution >= 4 is 23.0 Å². The van der Waals surface area contributed by atoms with Crippen LogP contribution in [0.2, 0.25) is 0 Å². The van der Waals surface area contributed by atoms with Gasteiger partial charge >= 0.3 is 0 Å². The second kappa shape index (κ2) is 7.77. The zero-order chi connectivity index (χ0) is 26.1. The quantitative estimate of drug-likeness (QED) is 0.287. The summed E-state index contributed by atoms with van der Waals surface area (Å²) in [6.07, 6.45) is 3.01. The number of fused-ring (bicyclic) bond motifs is 4. The minimum atomic E-state index is -1.57. The normalized spacial score (nSPS) is 21.0. The zero-order valence-corrected chi connectivity index (χ0v) is 20.3. The van der Waals surface area contributed by atoms with Crippen LogP contribution >= 0.6 is 0 Å². The van der Waals surface area contributed by atoms with Gasteiger partial charge < -0.3 is 20.3 Å². The molecule has 3 N–H and O–H groups in total. The molecule has 10 nitrogen and oxygen atoms in total. The van der Waals surface area contributed by atoms with Crippen LogP contribution in [0.4, 0.5) is 0 Å². The Bertz CT molecular complexity index is 1580. The summed E-state index contributed by atoms with van der Waals surface area (Å²) in [5.41, 5.74) is -0.754. The standard InChI is InChI=1S/C26H24N4O6/c1-11-21(33)19(14(4)31)23-20(22(11)34)26(5)16(36-23)10-15(32)18(24(26)35)12(2)27-13(3)25-29-28-17-8-6-7-9-30(17)25/h6-10,13,27,33-34H,1-5H3. The predicted molar refractivity (Wildman–Crippen MR) is 128 cm³/mol. The first-order chi connectivity index (χ1) is 17.0. The van der Waals surface area contributed by atoms with Crippen molar-refractivity contribution in [3.05, 3.63) is 70.0 Å². The van der Waals surface area contributed by atoms with Crippen LogP contribution in [0.25, 0.3) is 5.65 Å². The number of aromatic nitrogens is 3. The number of rotatable bonds is 4. The number of phenolic OH excluding ortho intramolecular Hbond substituents is 2. The van der Waals surface area contributed by atoms with E-state index < -0.39 is 34.6 Å². The number of allylic oxidation sites excluding steroid dienone is 4. The third kappa shape index (κ3) is 3.00. The topological polar surface area (TPSA) is 143 Å². The molecular formula is C26H24N4O6. The first-order valence-electron chi connectivity index (χ1n) is 11.3. The number of nitrogens with zero attached hydrogens (tertiary/aromatic N) is 3. The molecule has 0 saturated carbocycles. The van der Waals surface area contributed by atoms with Gasteiger partial charge in [-0.1, -0.05) is 6.07 Å². The lowest BCUT2D eigenvalue weighted by Gasteiger charge is -2.29. The molecule has 10 heteroatoms. The zero-order valence-electron chi connectivity index (χ0n) is 20.3. The number of pyridine rings is 1. The summed E-state index contributed by atoms with van der Waals surface area (Å²) in [5.74, 6) is -2.01. The highest BCUT2D eigenvalue weighted by Crippen LogP contribution is 2.57. The number of carbonyl (C=O) groups excluding carboxylic acids is 3. The van der Waals surface area contributed by atoms with E-state index in [0.717, 1.165) is 0 Å². The highest BCUT2D eigenvalue weighted by Gasteiger charge is 2.56. The molecule has 36 heavy (non-hydrogen) atoms. The monoisotopic (exact) mass is 488 g/mol. The van der Waals surface area contributed by atoms with Gasteiger partial charge in [-0.15, -0.1) is 10.2 Å². The lowest BCUT2D eigenvalue weighted by molar-refractivity contribution is -0.123. The number of benzene rings is 1. The van der Waals surface area contributed by atoms with Crippen LogP contribution in [0.1, 0.15) is 61.0 Å². The van der Waals surface area contributed by atoms with Crippen molar-refractivity contribution < 1.29 is 29.3 Å². The van der Waals surface area contributed by atoms with Crippen molar-refractivity contribution in [2.45, 2.75) is 46.1 Å². The Balaban J connectivity index is 1.61. The van der Waals surface area contributed by atoms with E-state index >= 15 is 0 Å². The SMILES string of the molecule is CC(=O)c1c(O)c(C)c(O)c2c1OC1=CC(=O)C(=C(C)NC(C)c3nnc4ccccn34)C(=O)C12C. The van der Waals surface area contributed by atoms with Crippen LogP contribution in [0.3, 0.4) is 0 Å². The van der Waals surface area contributed by atoms with Crippen molar-refractivity contribution in [2.24, 2.45) is 0 Å². The lowest BCUT2D eigenvalue weighted by atomic mass is 9.70. The van der Waals surface area contributed by atoms with E-state index in [2.05, 4.69) is 15.5 Å². The summed E-state index contributed by atoms with van der Waals surface area (Å²) >= 11 is 0. The molecule has 0 saturated heterocycles. The largest absolute Gasteiger partial charge is 0.507 e. The van der Waals surface area contributed by atoms with Crippen molar-refractivity contribution in [1.29, 1.82) is 0 Å². The molecule has 0 bridgehead atoms. The van der Waals surface area contributed by atoms with Crippen molar-refractivity contribution in [2.75, 3.05) is 0 Å². The maximum Gasteiger partial charge on any atom is 0.194 e. The first-order valence-corrected chi connectivity index (χ1v) is 11.3. The fourth-order valence-corrected chi connectivity index (χ4v) is 4.98. The van der Waals surface area contributed by atoms with E-state index in [0.29, 0.717) is 17.2 Å². The van der Waals surface area contributed by atoms with E-state index in [1.807, 2.05) is 31.3 Å². The van der Waals surface area contributed by atoms with Crippen molar-refractivity contribution in [3.8, 4) is 17.2 Å². The summed E-state index contributed by atoms with van der Waals surface area (Å²) in [6, 6.07) is 5.10. The van der Waals surface area contributed by atoms with Crippen LogP contribution in [-0.4, -0.2) is 42.2 Å². The van der Waals surface area contributed by atoms with Gasteiger partial charge in [-0.05, 0) is 46.8 Å². The highest BCUT2D eigenvalue weighted by atomic mass is 16.5. The molecule has 1 aliphatic carbocycles. The fourth-order valence-electron chi connectivity index (χ4n) is 4.98. The molecule has 0 fully saturated rings. The minimum absolute atomic E-state index is 0.0108. The molecule has 1 aliphatic heterocycles. The number of phenols is 2. The summed E-state index contributed by atoms with van der Waals surface area (Å²) in [4.78, 5) is 39.4. The molecule has 2 atom stereocenters. The molecule has 3 heterocycles. The minimum Gasteiger partial charge on any atom is -0.507 e. The van der Waals surface area contributed by atoms with Crippen molar-refractivity contribution in [1.82, 2.24) is 19.9 Å². The Labute approximate surface area is 205 Å². The second-order valence-electron chi connectivity index (χ2n) is 9.24. The molecular weight excluding hydrogens is 464 g/mol. The Morgan fingerprint density at radius 3 is 2.58 bits per heavy atom. The molecule has 184 valence electrons. The number of aromatic hydroxyl groups is 2. The van der Waals surface area contributed by atoms with Gasteiger partial charge in [-0.25, -0.2) is 0 Å². The number of hydrogen-bond acceptors (Lipinski definition) is 9. The van der Waals surface area contributed by atoms with E-state index in [1.54, 1.807) is 11.3 Å². The Kier molecular flexibility index (Phi) is 5.03. The number of nitrogens with one attached hydrogen (secondary N) is 1. The van der Waals surface area contributed by atoms with Crippen LogP contribution < -0.4 is 10.1 Å². The molecule has 3 aromatic rings. The van der Waals surface area contributed by atoms with Gasteiger partial charge in [-0.3, -0.25) is 18.8 Å². The first kappa shape index (κ1) is 23.3. The van der Waals surface area contributed by atoms with E-state index in [-0.39, 0.29) is 39.5 Å². The Morgan fingerprint density at radius 1 is 1.17 bits per heavy atom.